The Bertz CT molecular complexity index is 441. The van der Waals surface area contributed by atoms with Crippen LogP contribution in [0.25, 0.3) is 0 Å². The molecule has 0 aliphatic carbocycles. The predicted molar refractivity (Wildman–Crippen MR) is 67.6 cm³/mol. The van der Waals surface area contributed by atoms with Gasteiger partial charge in [-0.2, -0.15) is 0 Å². The lowest BCUT2D eigenvalue weighted by Crippen LogP contribution is -2.27. The molecule has 0 fully saturated rings. The number of benzene rings is 1. The first-order valence-electron chi connectivity index (χ1n) is 5.62. The number of nitrogens with one attached hydrogen (secondary N) is 1. The summed E-state index contributed by atoms with van der Waals surface area (Å²) < 4.78 is 0. The molecule has 0 aliphatic heterocycles. The van der Waals surface area contributed by atoms with Crippen LogP contribution in [0.2, 0.25) is 0 Å². The van der Waals surface area contributed by atoms with Crippen molar-refractivity contribution in [1.82, 2.24) is 5.32 Å². The highest BCUT2D eigenvalue weighted by atomic mass is 16.2. The fourth-order valence-corrected chi connectivity index (χ4v) is 1.32. The summed E-state index contributed by atoms with van der Waals surface area (Å²) in [4.78, 5) is 11.9. The van der Waals surface area contributed by atoms with E-state index in [1.807, 2.05) is 19.9 Å². The van der Waals surface area contributed by atoms with Crippen LogP contribution in [0.15, 0.2) is 24.3 Å². The lowest BCUT2D eigenvalue weighted by Gasteiger charge is -2.08. The Hall–Kier alpha value is -1.79. The second-order valence-electron chi connectivity index (χ2n) is 4.11. The molecule has 3 heteroatoms. The summed E-state index contributed by atoms with van der Waals surface area (Å²) in [5.74, 6) is 5.61. The Morgan fingerprint density at radius 3 is 2.76 bits per heavy atom. The molecule has 0 atom stereocenters. The fourth-order valence-electron chi connectivity index (χ4n) is 1.32. The summed E-state index contributed by atoms with van der Waals surface area (Å²) in [7, 11) is 0. The standard InChI is InChI=1S/C14H17NO2/c1-11(2)10-15-14(17)13-8-4-3-6-12(13)7-5-9-16/h3-4,6,8,11,16H,9-10H2,1-2H3,(H,15,17). The van der Waals surface area contributed by atoms with Crippen molar-refractivity contribution in [1.29, 1.82) is 0 Å². The first kappa shape index (κ1) is 13.3. The van der Waals surface area contributed by atoms with Gasteiger partial charge in [-0.1, -0.05) is 37.8 Å². The highest BCUT2D eigenvalue weighted by molar-refractivity contribution is 5.96. The molecule has 2 N–H and O–H groups in total. The number of aliphatic hydroxyl groups is 1. The van der Waals surface area contributed by atoms with Crippen molar-refractivity contribution in [2.75, 3.05) is 13.2 Å². The van der Waals surface area contributed by atoms with Crippen molar-refractivity contribution >= 4 is 5.91 Å². The van der Waals surface area contributed by atoms with Gasteiger partial charge in [0.15, 0.2) is 0 Å². The maximum atomic E-state index is 11.9. The molecule has 1 amide bonds. The van der Waals surface area contributed by atoms with Gasteiger partial charge in [0.1, 0.15) is 6.61 Å². The van der Waals surface area contributed by atoms with Crippen LogP contribution in [0, 0.1) is 17.8 Å². The van der Waals surface area contributed by atoms with Gasteiger partial charge in [0, 0.05) is 12.1 Å². The zero-order valence-corrected chi connectivity index (χ0v) is 10.2. The molecule has 1 aromatic carbocycles. The second-order valence-corrected chi connectivity index (χ2v) is 4.11. The van der Waals surface area contributed by atoms with E-state index in [0.29, 0.717) is 23.6 Å². The normalized spacial score (nSPS) is 9.65. The maximum absolute atomic E-state index is 11.9. The van der Waals surface area contributed by atoms with Crippen LogP contribution in [-0.4, -0.2) is 24.2 Å². The van der Waals surface area contributed by atoms with E-state index in [-0.39, 0.29) is 12.5 Å². The molecular formula is C14H17NO2. The Balaban J connectivity index is 2.85. The van der Waals surface area contributed by atoms with E-state index in [0.717, 1.165) is 0 Å². The summed E-state index contributed by atoms with van der Waals surface area (Å²) in [5, 5.41) is 11.5. The molecule has 0 saturated carbocycles. The van der Waals surface area contributed by atoms with Crippen LogP contribution in [0.1, 0.15) is 29.8 Å². The van der Waals surface area contributed by atoms with Gasteiger partial charge in [0.25, 0.3) is 5.91 Å². The Morgan fingerprint density at radius 2 is 2.12 bits per heavy atom. The van der Waals surface area contributed by atoms with Gasteiger partial charge in [-0.3, -0.25) is 4.79 Å². The summed E-state index contributed by atoms with van der Waals surface area (Å²) >= 11 is 0. The monoisotopic (exact) mass is 231 g/mol. The van der Waals surface area contributed by atoms with Crippen molar-refractivity contribution in [2.45, 2.75) is 13.8 Å². The number of aliphatic hydroxyl groups excluding tert-OH is 1. The van der Waals surface area contributed by atoms with Crippen molar-refractivity contribution in [2.24, 2.45) is 5.92 Å². The van der Waals surface area contributed by atoms with E-state index in [1.165, 1.54) is 0 Å². The van der Waals surface area contributed by atoms with E-state index < -0.39 is 0 Å². The quantitative estimate of drug-likeness (QED) is 0.773. The smallest absolute Gasteiger partial charge is 0.252 e. The number of hydrogen-bond acceptors (Lipinski definition) is 2. The molecule has 0 spiro atoms. The van der Waals surface area contributed by atoms with Gasteiger partial charge in [-0.25, -0.2) is 0 Å². The highest BCUT2D eigenvalue weighted by Crippen LogP contribution is 2.07. The third kappa shape index (κ3) is 4.29. The van der Waals surface area contributed by atoms with Crippen LogP contribution in [-0.2, 0) is 0 Å². The summed E-state index contributed by atoms with van der Waals surface area (Å²) in [6, 6.07) is 7.12. The van der Waals surface area contributed by atoms with Crippen LogP contribution >= 0.6 is 0 Å². The van der Waals surface area contributed by atoms with E-state index in [4.69, 9.17) is 5.11 Å². The van der Waals surface area contributed by atoms with Crippen LogP contribution < -0.4 is 5.32 Å². The molecule has 0 bridgehead atoms. The molecule has 90 valence electrons. The highest BCUT2D eigenvalue weighted by Gasteiger charge is 2.09. The zero-order valence-electron chi connectivity index (χ0n) is 10.2. The van der Waals surface area contributed by atoms with E-state index in [9.17, 15) is 4.79 Å². The maximum Gasteiger partial charge on any atom is 0.252 e. The van der Waals surface area contributed by atoms with Crippen molar-refractivity contribution in [3.05, 3.63) is 35.4 Å². The van der Waals surface area contributed by atoms with E-state index in [1.54, 1.807) is 18.2 Å². The van der Waals surface area contributed by atoms with E-state index >= 15 is 0 Å². The van der Waals surface area contributed by atoms with E-state index in [2.05, 4.69) is 17.2 Å². The fraction of sp³-hybridized carbons (Fsp3) is 0.357. The lowest BCUT2D eigenvalue weighted by molar-refractivity contribution is 0.0949. The number of amides is 1. The van der Waals surface area contributed by atoms with Crippen LogP contribution in [0.4, 0.5) is 0 Å². The molecule has 3 nitrogen and oxygen atoms in total. The SMILES string of the molecule is CC(C)CNC(=O)c1ccccc1C#CCO. The van der Waals surface area contributed by atoms with Gasteiger partial charge < -0.3 is 10.4 Å². The molecule has 0 unspecified atom stereocenters. The predicted octanol–water partition coefficient (Wildman–Crippen LogP) is 1.42. The van der Waals surface area contributed by atoms with Crippen LogP contribution in [0.3, 0.4) is 0 Å². The minimum absolute atomic E-state index is 0.124. The van der Waals surface area contributed by atoms with Gasteiger partial charge in [0.05, 0.1) is 5.56 Å². The lowest BCUT2D eigenvalue weighted by atomic mass is 10.1. The van der Waals surface area contributed by atoms with Crippen molar-refractivity contribution in [3.63, 3.8) is 0 Å². The van der Waals surface area contributed by atoms with Crippen LogP contribution in [0.5, 0.6) is 0 Å². The molecular weight excluding hydrogens is 214 g/mol. The van der Waals surface area contributed by atoms with Crippen molar-refractivity contribution < 1.29 is 9.90 Å². The summed E-state index contributed by atoms with van der Waals surface area (Å²) in [5.41, 5.74) is 1.19. The largest absolute Gasteiger partial charge is 0.384 e. The first-order chi connectivity index (χ1) is 8.15. The molecule has 0 aliphatic rings. The molecule has 0 heterocycles. The molecule has 1 aromatic rings. The third-order valence-electron chi connectivity index (χ3n) is 2.14. The Kier molecular flexibility index (Phi) is 5.25. The molecule has 0 aromatic heterocycles. The van der Waals surface area contributed by atoms with Crippen molar-refractivity contribution in [3.8, 4) is 11.8 Å². The average Bonchev–Trinajstić information content (AvgIpc) is 2.33. The molecule has 0 radical (unpaired) electrons. The van der Waals surface area contributed by atoms with Gasteiger partial charge in [-0.05, 0) is 18.1 Å². The molecule has 17 heavy (non-hydrogen) atoms. The zero-order chi connectivity index (χ0) is 12.7. The summed E-state index contributed by atoms with van der Waals surface area (Å²) in [6.45, 7) is 4.51. The number of carbonyl (C=O) groups excluding carboxylic acids is 1. The Morgan fingerprint density at radius 1 is 1.41 bits per heavy atom. The number of hydrogen-bond donors (Lipinski definition) is 2. The second kappa shape index (κ2) is 6.72. The first-order valence-corrected chi connectivity index (χ1v) is 5.62. The Labute approximate surface area is 102 Å². The van der Waals surface area contributed by atoms with Gasteiger partial charge in [0.2, 0.25) is 0 Å². The molecule has 0 saturated heterocycles. The summed E-state index contributed by atoms with van der Waals surface area (Å²) in [6.07, 6.45) is 0. The molecule has 1 rings (SSSR count). The third-order valence-corrected chi connectivity index (χ3v) is 2.14. The number of carbonyl (C=O) groups is 1. The van der Waals surface area contributed by atoms with Gasteiger partial charge >= 0.3 is 0 Å². The minimum atomic E-state index is -0.206. The topological polar surface area (TPSA) is 49.3 Å². The number of rotatable bonds is 3. The minimum Gasteiger partial charge on any atom is -0.384 e. The average molecular weight is 231 g/mol. The van der Waals surface area contributed by atoms with Gasteiger partial charge in [-0.15, -0.1) is 0 Å².